The smallest absolute Gasteiger partial charge is 0.229 e. The lowest BCUT2D eigenvalue weighted by Gasteiger charge is -2.25. The van der Waals surface area contributed by atoms with E-state index in [1.165, 1.54) is 0 Å². The molecule has 4 rings (SSSR count). The number of nitrogens with one attached hydrogen (secondary N) is 2. The molecule has 0 bridgehead atoms. The van der Waals surface area contributed by atoms with Gasteiger partial charge in [0.2, 0.25) is 5.95 Å². The lowest BCUT2D eigenvalue weighted by molar-refractivity contribution is 0.290. The molecule has 10 heteroatoms. The number of nitrogens with zero attached hydrogens (tertiary/aromatic N) is 4. The molecule has 9 nitrogen and oxygen atoms in total. The van der Waals surface area contributed by atoms with Gasteiger partial charge >= 0.3 is 0 Å². The highest BCUT2D eigenvalue weighted by Crippen LogP contribution is 2.33. The molecular formula is C20H21FN8O. The number of nitrogen functional groups attached to an aromatic ring is 2. The second-order valence-corrected chi connectivity index (χ2v) is 6.67. The molecule has 0 unspecified atom stereocenters. The van der Waals surface area contributed by atoms with Gasteiger partial charge in [0, 0.05) is 24.2 Å². The second kappa shape index (κ2) is 8.21. The third kappa shape index (κ3) is 3.80. The van der Waals surface area contributed by atoms with E-state index in [-0.39, 0.29) is 18.4 Å². The van der Waals surface area contributed by atoms with Gasteiger partial charge in [-0.25, -0.2) is 9.37 Å². The van der Waals surface area contributed by atoms with E-state index in [1.807, 2.05) is 18.2 Å². The van der Waals surface area contributed by atoms with Crippen LogP contribution in [0.4, 0.5) is 38.9 Å². The van der Waals surface area contributed by atoms with Gasteiger partial charge in [0.1, 0.15) is 0 Å². The summed E-state index contributed by atoms with van der Waals surface area (Å²) in [5.74, 6) is -0.308. The first-order valence-electron chi connectivity index (χ1n) is 9.32. The standard InChI is InChI=1S/C20H21FN8O/c21-14-11-24-20(26-12-5-6-15(22)16(23)9-12)27-19(14)29(7-2-8-30)18-4-1-3-17-13(18)10-25-28-17/h1,3-6,9-11,30H,2,7-8,22-23H2,(H,25,28)(H,24,26,27). The zero-order valence-corrected chi connectivity index (χ0v) is 16.0. The van der Waals surface area contributed by atoms with Crippen molar-refractivity contribution in [2.45, 2.75) is 6.42 Å². The highest BCUT2D eigenvalue weighted by Gasteiger charge is 2.19. The number of nitrogens with two attached hydrogens (primary N) is 2. The minimum absolute atomic E-state index is 0.0413. The van der Waals surface area contributed by atoms with Crippen molar-refractivity contribution in [2.24, 2.45) is 0 Å². The quantitative estimate of drug-likeness (QED) is 0.294. The molecule has 7 N–H and O–H groups in total. The number of aliphatic hydroxyl groups excluding tert-OH is 1. The number of aliphatic hydroxyl groups is 1. The van der Waals surface area contributed by atoms with Crippen molar-refractivity contribution >= 4 is 45.4 Å². The molecule has 0 atom stereocenters. The Morgan fingerprint density at radius 2 is 2.00 bits per heavy atom. The summed E-state index contributed by atoms with van der Waals surface area (Å²) in [5, 5.41) is 20.1. The number of fused-ring (bicyclic) bond motifs is 1. The zero-order chi connectivity index (χ0) is 21.1. The van der Waals surface area contributed by atoms with Crippen molar-refractivity contribution in [3.63, 3.8) is 0 Å². The fraction of sp³-hybridized carbons (Fsp3) is 0.150. The summed E-state index contributed by atoms with van der Waals surface area (Å²) in [6.07, 6.45) is 3.20. The Hall–Kier alpha value is -3.92. The highest BCUT2D eigenvalue weighted by molar-refractivity contribution is 5.93. The number of halogens is 1. The normalized spacial score (nSPS) is 11.0. The van der Waals surface area contributed by atoms with E-state index in [9.17, 15) is 9.50 Å². The molecule has 0 aliphatic carbocycles. The molecule has 2 aromatic carbocycles. The van der Waals surface area contributed by atoms with Gasteiger partial charge < -0.3 is 26.8 Å². The Morgan fingerprint density at radius 3 is 2.80 bits per heavy atom. The van der Waals surface area contributed by atoms with Crippen LogP contribution >= 0.6 is 0 Å². The molecule has 0 spiro atoms. The minimum atomic E-state index is -0.587. The third-order valence-corrected chi connectivity index (χ3v) is 4.62. The third-order valence-electron chi connectivity index (χ3n) is 4.62. The predicted molar refractivity (Wildman–Crippen MR) is 115 cm³/mol. The molecule has 0 amide bonds. The van der Waals surface area contributed by atoms with E-state index in [0.717, 1.165) is 22.8 Å². The van der Waals surface area contributed by atoms with E-state index in [2.05, 4.69) is 25.5 Å². The van der Waals surface area contributed by atoms with Crippen molar-refractivity contribution in [2.75, 3.05) is 34.8 Å². The summed E-state index contributed by atoms with van der Waals surface area (Å²) in [4.78, 5) is 10.1. The average Bonchev–Trinajstić information content (AvgIpc) is 3.22. The van der Waals surface area contributed by atoms with Gasteiger partial charge in [-0.15, -0.1) is 0 Å². The zero-order valence-electron chi connectivity index (χ0n) is 16.0. The van der Waals surface area contributed by atoms with Crippen LogP contribution in [0, 0.1) is 5.82 Å². The lowest BCUT2D eigenvalue weighted by atomic mass is 10.2. The maximum absolute atomic E-state index is 14.8. The Balaban J connectivity index is 1.74. The molecule has 2 aromatic heterocycles. The Morgan fingerprint density at radius 1 is 1.13 bits per heavy atom. The minimum Gasteiger partial charge on any atom is -0.397 e. The van der Waals surface area contributed by atoms with E-state index in [0.29, 0.717) is 30.0 Å². The molecule has 4 aromatic rings. The molecule has 0 saturated heterocycles. The van der Waals surface area contributed by atoms with Crippen LogP contribution < -0.4 is 21.7 Å². The molecule has 2 heterocycles. The van der Waals surface area contributed by atoms with Gasteiger partial charge in [0.05, 0.1) is 35.0 Å². The first-order chi connectivity index (χ1) is 14.6. The van der Waals surface area contributed by atoms with Crippen molar-refractivity contribution in [3.05, 3.63) is 54.6 Å². The van der Waals surface area contributed by atoms with Crippen LogP contribution in [0.2, 0.25) is 0 Å². The van der Waals surface area contributed by atoms with Gasteiger partial charge in [-0.1, -0.05) is 6.07 Å². The predicted octanol–water partition coefficient (Wildman–Crippen LogP) is 2.92. The van der Waals surface area contributed by atoms with Gasteiger partial charge in [-0.2, -0.15) is 10.1 Å². The lowest BCUT2D eigenvalue weighted by Crippen LogP contribution is -2.22. The number of aromatic nitrogens is 4. The number of hydrogen-bond donors (Lipinski definition) is 5. The summed E-state index contributed by atoms with van der Waals surface area (Å²) in [5.41, 5.74) is 14.6. The second-order valence-electron chi connectivity index (χ2n) is 6.67. The van der Waals surface area contributed by atoms with Gasteiger partial charge in [0.15, 0.2) is 11.6 Å². The number of rotatable bonds is 7. The van der Waals surface area contributed by atoms with Crippen molar-refractivity contribution < 1.29 is 9.50 Å². The Kier molecular flexibility index (Phi) is 5.31. The SMILES string of the molecule is Nc1ccc(Nc2ncc(F)c(N(CCCO)c3cccc4[nH]ncc34)n2)cc1N. The number of H-pyrrole nitrogens is 1. The maximum Gasteiger partial charge on any atom is 0.229 e. The van der Waals surface area contributed by atoms with Crippen molar-refractivity contribution in [1.82, 2.24) is 20.2 Å². The molecule has 0 radical (unpaired) electrons. The molecule has 0 saturated carbocycles. The largest absolute Gasteiger partial charge is 0.397 e. The number of benzene rings is 2. The van der Waals surface area contributed by atoms with E-state index in [1.54, 1.807) is 29.3 Å². The fourth-order valence-electron chi connectivity index (χ4n) is 3.15. The molecule has 154 valence electrons. The number of anilines is 6. The summed E-state index contributed by atoms with van der Waals surface area (Å²) in [7, 11) is 0. The highest BCUT2D eigenvalue weighted by atomic mass is 19.1. The monoisotopic (exact) mass is 408 g/mol. The topological polar surface area (TPSA) is 142 Å². The van der Waals surface area contributed by atoms with Gasteiger partial charge in [-0.3, -0.25) is 5.10 Å². The van der Waals surface area contributed by atoms with Crippen LogP contribution in [0.3, 0.4) is 0 Å². The van der Waals surface area contributed by atoms with Crippen LogP contribution in [0.15, 0.2) is 48.8 Å². The summed E-state index contributed by atoms with van der Waals surface area (Å²) >= 11 is 0. The van der Waals surface area contributed by atoms with Crippen LogP contribution in [0.25, 0.3) is 10.9 Å². The van der Waals surface area contributed by atoms with Crippen molar-refractivity contribution in [1.29, 1.82) is 0 Å². The molecule has 0 aliphatic heterocycles. The van der Waals surface area contributed by atoms with Crippen LogP contribution in [0.1, 0.15) is 6.42 Å². The average molecular weight is 408 g/mol. The summed E-state index contributed by atoms with van der Waals surface area (Å²) in [6, 6.07) is 10.6. The Bertz CT molecular complexity index is 1180. The Labute approximate surface area is 171 Å². The summed E-state index contributed by atoms with van der Waals surface area (Å²) < 4.78 is 14.8. The maximum atomic E-state index is 14.8. The first kappa shape index (κ1) is 19.4. The van der Waals surface area contributed by atoms with E-state index < -0.39 is 5.82 Å². The molecule has 30 heavy (non-hydrogen) atoms. The van der Waals surface area contributed by atoms with Gasteiger partial charge in [0.25, 0.3) is 0 Å². The summed E-state index contributed by atoms with van der Waals surface area (Å²) in [6.45, 7) is 0.309. The number of hydrogen-bond acceptors (Lipinski definition) is 8. The molecular weight excluding hydrogens is 387 g/mol. The first-order valence-corrected chi connectivity index (χ1v) is 9.32. The van der Waals surface area contributed by atoms with Crippen LogP contribution in [0.5, 0.6) is 0 Å². The van der Waals surface area contributed by atoms with E-state index in [4.69, 9.17) is 11.5 Å². The van der Waals surface area contributed by atoms with Gasteiger partial charge in [-0.05, 0) is 36.8 Å². The van der Waals surface area contributed by atoms with Crippen LogP contribution in [-0.4, -0.2) is 38.4 Å². The van der Waals surface area contributed by atoms with Crippen molar-refractivity contribution in [3.8, 4) is 0 Å². The number of aromatic amines is 1. The molecule has 0 fully saturated rings. The molecule has 0 aliphatic rings. The fourth-order valence-corrected chi connectivity index (χ4v) is 3.15. The van der Waals surface area contributed by atoms with E-state index >= 15 is 0 Å². The van der Waals surface area contributed by atoms with Crippen LogP contribution in [-0.2, 0) is 0 Å².